The third-order valence-electron chi connectivity index (χ3n) is 2.67. The van der Waals surface area contributed by atoms with E-state index in [-0.39, 0.29) is 11.6 Å². The van der Waals surface area contributed by atoms with Gasteiger partial charge in [0.2, 0.25) is 0 Å². The normalized spacial score (nSPS) is 13.9. The Bertz CT molecular complexity index is 516. The van der Waals surface area contributed by atoms with Gasteiger partial charge in [0.25, 0.3) is 0 Å². The summed E-state index contributed by atoms with van der Waals surface area (Å²) in [6, 6.07) is 6.25. The molecule has 0 bridgehead atoms. The number of anilines is 1. The van der Waals surface area contributed by atoms with Crippen molar-refractivity contribution in [1.29, 1.82) is 10.9 Å². The van der Waals surface area contributed by atoms with Crippen LogP contribution in [-0.4, -0.2) is 10.9 Å². The standard InChI is InChI=1S/C13H14N4O/c14-13(10-4-2-1-3-5-10)17(16-15)11-6-8-12(18)9-7-11/h2,4-9,14-15,18H,1,3H2. The summed E-state index contributed by atoms with van der Waals surface area (Å²) in [6.45, 7) is 0. The zero-order valence-electron chi connectivity index (χ0n) is 9.80. The Kier molecular flexibility index (Phi) is 3.52. The van der Waals surface area contributed by atoms with Gasteiger partial charge in [0, 0.05) is 5.57 Å². The van der Waals surface area contributed by atoms with Gasteiger partial charge < -0.3 is 5.11 Å². The first-order chi connectivity index (χ1) is 8.72. The molecule has 3 N–H and O–H groups in total. The van der Waals surface area contributed by atoms with Crippen LogP contribution in [0.4, 0.5) is 5.69 Å². The minimum Gasteiger partial charge on any atom is -0.508 e. The van der Waals surface area contributed by atoms with E-state index in [1.54, 1.807) is 12.1 Å². The molecule has 0 radical (unpaired) electrons. The van der Waals surface area contributed by atoms with E-state index in [0.717, 1.165) is 18.4 Å². The van der Waals surface area contributed by atoms with E-state index >= 15 is 0 Å². The van der Waals surface area contributed by atoms with Crippen LogP contribution in [0.3, 0.4) is 0 Å². The number of hydrogen-bond acceptors (Lipinski definition) is 4. The SMILES string of the molecule is N=NN(C(=N)C1=CCCC=C1)c1ccc(O)cc1. The fraction of sp³-hybridized carbons (Fsp3) is 0.154. The second-order valence-electron chi connectivity index (χ2n) is 3.92. The Balaban J connectivity index is 2.25. The minimum atomic E-state index is 0.145. The highest BCUT2D eigenvalue weighted by Crippen LogP contribution is 2.22. The van der Waals surface area contributed by atoms with E-state index in [2.05, 4.69) is 5.22 Å². The smallest absolute Gasteiger partial charge is 0.155 e. The van der Waals surface area contributed by atoms with Crippen molar-refractivity contribution in [3.8, 4) is 5.75 Å². The van der Waals surface area contributed by atoms with E-state index in [1.807, 2.05) is 18.2 Å². The number of nitrogens with zero attached hydrogens (tertiary/aromatic N) is 2. The number of rotatable bonds is 3. The maximum atomic E-state index is 9.23. The van der Waals surface area contributed by atoms with E-state index in [9.17, 15) is 5.11 Å². The van der Waals surface area contributed by atoms with Crippen molar-refractivity contribution in [3.05, 3.63) is 48.1 Å². The maximum Gasteiger partial charge on any atom is 0.155 e. The minimum absolute atomic E-state index is 0.145. The van der Waals surface area contributed by atoms with Gasteiger partial charge in [-0.2, -0.15) is 10.5 Å². The Morgan fingerprint density at radius 1 is 1.22 bits per heavy atom. The van der Waals surface area contributed by atoms with Crippen LogP contribution in [0.2, 0.25) is 0 Å². The molecule has 0 saturated heterocycles. The van der Waals surface area contributed by atoms with Crippen LogP contribution in [0.25, 0.3) is 0 Å². The predicted molar refractivity (Wildman–Crippen MR) is 69.9 cm³/mol. The molecule has 1 aromatic carbocycles. The first-order valence-corrected chi connectivity index (χ1v) is 5.64. The fourth-order valence-corrected chi connectivity index (χ4v) is 1.74. The third-order valence-corrected chi connectivity index (χ3v) is 2.67. The van der Waals surface area contributed by atoms with Crippen molar-refractivity contribution in [1.82, 2.24) is 0 Å². The molecule has 5 heteroatoms. The van der Waals surface area contributed by atoms with E-state index in [1.165, 1.54) is 17.1 Å². The van der Waals surface area contributed by atoms with Gasteiger partial charge in [-0.1, -0.05) is 23.5 Å². The van der Waals surface area contributed by atoms with E-state index in [0.29, 0.717) is 5.69 Å². The summed E-state index contributed by atoms with van der Waals surface area (Å²) in [4.78, 5) is 0. The molecule has 0 atom stereocenters. The van der Waals surface area contributed by atoms with Crippen LogP contribution < -0.4 is 5.01 Å². The van der Waals surface area contributed by atoms with Crippen molar-refractivity contribution in [2.24, 2.45) is 5.22 Å². The summed E-state index contributed by atoms with van der Waals surface area (Å²) in [6.07, 6.45) is 7.71. The summed E-state index contributed by atoms with van der Waals surface area (Å²) < 4.78 is 0. The third kappa shape index (κ3) is 2.45. The molecule has 2 rings (SSSR count). The van der Waals surface area contributed by atoms with Crippen LogP contribution in [-0.2, 0) is 0 Å². The Labute approximate surface area is 105 Å². The van der Waals surface area contributed by atoms with Crippen LogP contribution >= 0.6 is 0 Å². The topological polar surface area (TPSA) is 83.5 Å². The van der Waals surface area contributed by atoms with Crippen LogP contribution in [0.1, 0.15) is 12.8 Å². The van der Waals surface area contributed by atoms with Gasteiger partial charge in [-0.25, -0.2) is 0 Å². The van der Waals surface area contributed by atoms with Gasteiger partial charge in [-0.3, -0.25) is 5.41 Å². The molecular weight excluding hydrogens is 228 g/mol. The van der Waals surface area contributed by atoms with Crippen molar-refractivity contribution < 1.29 is 5.11 Å². The van der Waals surface area contributed by atoms with Crippen molar-refractivity contribution in [3.63, 3.8) is 0 Å². The molecule has 92 valence electrons. The Hall–Kier alpha value is -2.43. The Morgan fingerprint density at radius 2 is 1.94 bits per heavy atom. The van der Waals surface area contributed by atoms with Gasteiger partial charge in [0.05, 0.1) is 5.69 Å². The quantitative estimate of drug-likeness (QED) is 0.328. The number of amidine groups is 1. The number of nitrogens with one attached hydrogen (secondary N) is 2. The lowest BCUT2D eigenvalue weighted by Gasteiger charge is -2.19. The van der Waals surface area contributed by atoms with Gasteiger partial charge in [-0.15, -0.1) is 0 Å². The second-order valence-corrected chi connectivity index (χ2v) is 3.92. The summed E-state index contributed by atoms with van der Waals surface area (Å²) in [5.74, 6) is 0.304. The lowest BCUT2D eigenvalue weighted by Crippen LogP contribution is -2.25. The molecule has 18 heavy (non-hydrogen) atoms. The van der Waals surface area contributed by atoms with Crippen molar-refractivity contribution in [2.45, 2.75) is 12.8 Å². The summed E-state index contributed by atoms with van der Waals surface area (Å²) in [5, 5.41) is 21.9. The molecule has 0 heterocycles. The van der Waals surface area contributed by atoms with Crippen molar-refractivity contribution in [2.75, 3.05) is 5.01 Å². The number of benzene rings is 1. The highest BCUT2D eigenvalue weighted by atomic mass is 16.3. The number of allylic oxidation sites excluding steroid dienone is 2. The van der Waals surface area contributed by atoms with Gasteiger partial charge >= 0.3 is 0 Å². The molecule has 0 aliphatic heterocycles. The Morgan fingerprint density at radius 3 is 2.50 bits per heavy atom. The lowest BCUT2D eigenvalue weighted by atomic mass is 10.1. The maximum absolute atomic E-state index is 9.23. The zero-order valence-corrected chi connectivity index (χ0v) is 9.80. The lowest BCUT2D eigenvalue weighted by molar-refractivity contribution is 0.475. The van der Waals surface area contributed by atoms with Crippen LogP contribution in [0.5, 0.6) is 5.75 Å². The second kappa shape index (κ2) is 5.27. The predicted octanol–water partition coefficient (Wildman–Crippen LogP) is 3.40. The molecule has 0 saturated carbocycles. The van der Waals surface area contributed by atoms with Gasteiger partial charge in [0.1, 0.15) is 5.75 Å². The fourth-order valence-electron chi connectivity index (χ4n) is 1.74. The number of aromatic hydroxyl groups is 1. The molecule has 1 aromatic rings. The average Bonchev–Trinajstić information content (AvgIpc) is 2.42. The molecule has 1 aliphatic rings. The molecule has 0 aromatic heterocycles. The largest absolute Gasteiger partial charge is 0.508 e. The molecule has 1 aliphatic carbocycles. The molecule has 0 amide bonds. The summed E-state index contributed by atoms with van der Waals surface area (Å²) in [5.41, 5.74) is 8.53. The monoisotopic (exact) mass is 242 g/mol. The number of phenols is 1. The van der Waals surface area contributed by atoms with Gasteiger partial charge in [0.15, 0.2) is 5.84 Å². The van der Waals surface area contributed by atoms with Crippen LogP contribution in [0.15, 0.2) is 53.3 Å². The molecule has 0 spiro atoms. The number of hydrogen-bond donors (Lipinski definition) is 3. The van der Waals surface area contributed by atoms with E-state index in [4.69, 9.17) is 10.9 Å². The highest BCUT2D eigenvalue weighted by molar-refractivity contribution is 6.09. The average molecular weight is 242 g/mol. The van der Waals surface area contributed by atoms with Crippen LogP contribution in [0, 0.1) is 10.9 Å². The zero-order chi connectivity index (χ0) is 13.0. The first-order valence-electron chi connectivity index (χ1n) is 5.64. The highest BCUT2D eigenvalue weighted by Gasteiger charge is 2.15. The molecule has 5 nitrogen and oxygen atoms in total. The van der Waals surface area contributed by atoms with Gasteiger partial charge in [-0.05, 0) is 37.1 Å². The molecule has 0 unspecified atom stereocenters. The molecule has 0 fully saturated rings. The van der Waals surface area contributed by atoms with E-state index < -0.39 is 0 Å². The van der Waals surface area contributed by atoms with Crippen molar-refractivity contribution >= 4 is 11.5 Å². The number of phenolic OH excluding ortho intramolecular Hbond substituents is 1. The summed E-state index contributed by atoms with van der Waals surface area (Å²) >= 11 is 0. The molecular formula is C13H14N4O. The first kappa shape index (κ1) is 12.0. The summed E-state index contributed by atoms with van der Waals surface area (Å²) in [7, 11) is 0.